The smallest absolute Gasteiger partial charge is 0.270 e. The zero-order chi connectivity index (χ0) is 13.3. The SMILES string of the molecule is O=C1CC(CS)CN1c1ccc([N+](=O)[O-])cc1I. The van der Waals surface area contributed by atoms with E-state index in [4.69, 9.17) is 0 Å². The van der Waals surface area contributed by atoms with E-state index in [-0.39, 0.29) is 17.5 Å². The summed E-state index contributed by atoms with van der Waals surface area (Å²) in [7, 11) is 0. The number of nitrogens with zero attached hydrogens (tertiary/aromatic N) is 2. The Labute approximate surface area is 123 Å². The molecule has 0 aromatic heterocycles. The summed E-state index contributed by atoms with van der Waals surface area (Å²) in [5, 5.41) is 10.7. The first-order valence-corrected chi connectivity index (χ1v) is 7.09. The van der Waals surface area contributed by atoms with Gasteiger partial charge in [0, 0.05) is 28.7 Å². The van der Waals surface area contributed by atoms with Gasteiger partial charge in [-0.3, -0.25) is 14.9 Å². The van der Waals surface area contributed by atoms with Gasteiger partial charge in [0.25, 0.3) is 5.69 Å². The van der Waals surface area contributed by atoms with Crippen LogP contribution in [0.2, 0.25) is 0 Å². The van der Waals surface area contributed by atoms with E-state index in [2.05, 4.69) is 12.6 Å². The van der Waals surface area contributed by atoms with Crippen molar-refractivity contribution in [1.29, 1.82) is 0 Å². The lowest BCUT2D eigenvalue weighted by molar-refractivity contribution is -0.384. The van der Waals surface area contributed by atoms with E-state index in [1.807, 2.05) is 22.6 Å². The normalized spacial score (nSPS) is 19.3. The molecule has 0 bridgehead atoms. The molecule has 7 heteroatoms. The minimum Gasteiger partial charge on any atom is -0.311 e. The molecule has 1 fully saturated rings. The Kier molecular flexibility index (Phi) is 4.10. The molecule has 0 aliphatic carbocycles. The number of rotatable bonds is 3. The maximum Gasteiger partial charge on any atom is 0.270 e. The molecule has 0 spiro atoms. The number of hydrogen-bond acceptors (Lipinski definition) is 4. The minimum absolute atomic E-state index is 0.0422. The van der Waals surface area contributed by atoms with Gasteiger partial charge in [-0.2, -0.15) is 12.6 Å². The van der Waals surface area contributed by atoms with Crippen LogP contribution in [0.25, 0.3) is 0 Å². The molecule has 0 N–H and O–H groups in total. The lowest BCUT2D eigenvalue weighted by Crippen LogP contribution is -2.25. The Morgan fingerprint density at radius 3 is 2.78 bits per heavy atom. The fourth-order valence-electron chi connectivity index (χ4n) is 1.96. The van der Waals surface area contributed by atoms with Crippen LogP contribution < -0.4 is 4.90 Å². The highest BCUT2D eigenvalue weighted by atomic mass is 127. The lowest BCUT2D eigenvalue weighted by Gasteiger charge is -2.17. The van der Waals surface area contributed by atoms with Crippen molar-refractivity contribution >= 4 is 52.5 Å². The molecule has 18 heavy (non-hydrogen) atoms. The largest absolute Gasteiger partial charge is 0.311 e. The van der Waals surface area contributed by atoms with E-state index in [0.717, 1.165) is 9.26 Å². The third kappa shape index (κ3) is 2.61. The Morgan fingerprint density at radius 1 is 1.56 bits per heavy atom. The molecule has 1 amide bonds. The molecule has 1 aromatic rings. The summed E-state index contributed by atoms with van der Waals surface area (Å²) in [4.78, 5) is 23.8. The monoisotopic (exact) mass is 378 g/mol. The number of benzene rings is 1. The summed E-state index contributed by atoms with van der Waals surface area (Å²) in [6, 6.07) is 4.55. The molecule has 1 saturated heterocycles. The number of nitro groups is 1. The minimum atomic E-state index is -0.436. The molecule has 1 unspecified atom stereocenters. The Hall–Kier alpha value is -0.830. The first-order chi connectivity index (χ1) is 8.52. The molecule has 0 radical (unpaired) electrons. The third-order valence-corrected chi connectivity index (χ3v) is 4.28. The average molecular weight is 378 g/mol. The first-order valence-electron chi connectivity index (χ1n) is 5.38. The second-order valence-corrected chi connectivity index (χ2v) is 5.68. The lowest BCUT2D eigenvalue weighted by atomic mass is 10.1. The Morgan fingerprint density at radius 2 is 2.28 bits per heavy atom. The summed E-state index contributed by atoms with van der Waals surface area (Å²) >= 11 is 6.23. The van der Waals surface area contributed by atoms with E-state index < -0.39 is 4.92 Å². The van der Waals surface area contributed by atoms with Crippen molar-refractivity contribution in [3.05, 3.63) is 31.9 Å². The van der Waals surface area contributed by atoms with Crippen LogP contribution in [0.1, 0.15) is 6.42 Å². The predicted octanol–water partition coefficient (Wildman–Crippen LogP) is 2.48. The number of nitro benzene ring substituents is 1. The van der Waals surface area contributed by atoms with Gasteiger partial charge < -0.3 is 4.90 Å². The molecule has 1 atom stereocenters. The zero-order valence-electron chi connectivity index (χ0n) is 9.38. The molecule has 1 aromatic carbocycles. The van der Waals surface area contributed by atoms with Crippen LogP contribution >= 0.6 is 35.2 Å². The zero-order valence-corrected chi connectivity index (χ0v) is 12.4. The van der Waals surface area contributed by atoms with Gasteiger partial charge in [-0.25, -0.2) is 0 Å². The molecular weight excluding hydrogens is 367 g/mol. The van der Waals surface area contributed by atoms with Gasteiger partial charge in [-0.05, 0) is 40.3 Å². The fourth-order valence-corrected chi connectivity index (χ4v) is 3.00. The van der Waals surface area contributed by atoms with Crippen LogP contribution in [0.15, 0.2) is 18.2 Å². The highest BCUT2D eigenvalue weighted by Crippen LogP contribution is 2.31. The molecule has 5 nitrogen and oxygen atoms in total. The number of thiol groups is 1. The van der Waals surface area contributed by atoms with Crippen molar-refractivity contribution in [3.8, 4) is 0 Å². The molecule has 96 valence electrons. The van der Waals surface area contributed by atoms with Gasteiger partial charge in [-0.15, -0.1) is 0 Å². The van der Waals surface area contributed by atoms with Crippen molar-refractivity contribution in [1.82, 2.24) is 0 Å². The van der Waals surface area contributed by atoms with Crippen LogP contribution in [0.5, 0.6) is 0 Å². The van der Waals surface area contributed by atoms with Crippen LogP contribution in [0, 0.1) is 19.6 Å². The van der Waals surface area contributed by atoms with Crippen molar-refractivity contribution in [2.45, 2.75) is 6.42 Å². The van der Waals surface area contributed by atoms with E-state index >= 15 is 0 Å². The summed E-state index contributed by atoms with van der Waals surface area (Å²) < 4.78 is 0.718. The first kappa shape index (κ1) is 13.6. The topological polar surface area (TPSA) is 63.5 Å². The summed E-state index contributed by atoms with van der Waals surface area (Å²) in [5.41, 5.74) is 0.788. The maximum atomic E-state index is 11.9. The number of anilines is 1. The molecule has 1 aliphatic heterocycles. The third-order valence-electron chi connectivity index (χ3n) is 2.90. The summed E-state index contributed by atoms with van der Waals surface area (Å²) in [6.45, 7) is 0.635. The quantitative estimate of drug-likeness (QED) is 0.381. The van der Waals surface area contributed by atoms with Gasteiger partial charge in [0.15, 0.2) is 0 Å². The van der Waals surface area contributed by atoms with Gasteiger partial charge in [0.1, 0.15) is 0 Å². The van der Waals surface area contributed by atoms with Crippen molar-refractivity contribution < 1.29 is 9.72 Å². The van der Waals surface area contributed by atoms with Gasteiger partial charge in [0.05, 0.1) is 10.6 Å². The van der Waals surface area contributed by atoms with Crippen LogP contribution in [-0.4, -0.2) is 23.1 Å². The van der Waals surface area contributed by atoms with Gasteiger partial charge in [-0.1, -0.05) is 0 Å². The van der Waals surface area contributed by atoms with Crippen LogP contribution in [0.4, 0.5) is 11.4 Å². The number of carbonyl (C=O) groups excluding carboxylic acids is 1. The number of carbonyl (C=O) groups is 1. The van der Waals surface area contributed by atoms with E-state index in [0.29, 0.717) is 18.7 Å². The molecule has 2 rings (SSSR count). The second kappa shape index (κ2) is 5.43. The summed E-state index contributed by atoms with van der Waals surface area (Å²) in [6.07, 6.45) is 0.497. The van der Waals surface area contributed by atoms with E-state index in [1.165, 1.54) is 12.1 Å². The number of non-ortho nitro benzene ring substituents is 1. The number of amides is 1. The Bertz CT molecular complexity index is 509. The van der Waals surface area contributed by atoms with E-state index in [9.17, 15) is 14.9 Å². The van der Waals surface area contributed by atoms with Crippen molar-refractivity contribution in [2.75, 3.05) is 17.2 Å². The number of hydrogen-bond donors (Lipinski definition) is 1. The van der Waals surface area contributed by atoms with Crippen molar-refractivity contribution in [2.24, 2.45) is 5.92 Å². The van der Waals surface area contributed by atoms with E-state index in [1.54, 1.807) is 11.0 Å². The molecule has 1 heterocycles. The second-order valence-electron chi connectivity index (χ2n) is 4.15. The maximum absolute atomic E-state index is 11.9. The number of halogens is 1. The highest BCUT2D eigenvalue weighted by Gasteiger charge is 2.31. The van der Waals surface area contributed by atoms with Crippen LogP contribution in [0.3, 0.4) is 0 Å². The van der Waals surface area contributed by atoms with Gasteiger partial charge in [0.2, 0.25) is 5.91 Å². The molecule has 1 aliphatic rings. The fraction of sp³-hybridized carbons (Fsp3) is 0.364. The standard InChI is InChI=1S/C11H11IN2O3S/c12-9-4-8(14(16)17)1-2-10(9)13-5-7(6-18)3-11(13)15/h1-2,4,7,18H,3,5-6H2. The van der Waals surface area contributed by atoms with Crippen molar-refractivity contribution in [3.63, 3.8) is 0 Å². The Balaban J connectivity index is 2.29. The van der Waals surface area contributed by atoms with Crippen LogP contribution in [-0.2, 0) is 4.79 Å². The molecular formula is C11H11IN2O3S. The highest BCUT2D eigenvalue weighted by molar-refractivity contribution is 14.1. The average Bonchev–Trinajstić information content (AvgIpc) is 2.70. The summed E-state index contributed by atoms with van der Waals surface area (Å²) in [5.74, 6) is 0.985. The predicted molar refractivity (Wildman–Crippen MR) is 80.1 cm³/mol. The van der Waals surface area contributed by atoms with Gasteiger partial charge >= 0.3 is 0 Å². The molecule has 0 saturated carbocycles.